The Bertz CT molecular complexity index is 873. The van der Waals surface area contributed by atoms with Crippen LogP contribution in [0.1, 0.15) is 43.0 Å². The molecule has 2 N–H and O–H groups in total. The molecule has 1 amide bonds. The van der Waals surface area contributed by atoms with E-state index in [0.29, 0.717) is 25.3 Å². The summed E-state index contributed by atoms with van der Waals surface area (Å²) < 4.78 is 37.0. The molecule has 6 nitrogen and oxygen atoms in total. The summed E-state index contributed by atoms with van der Waals surface area (Å²) in [7, 11) is 0. The van der Waals surface area contributed by atoms with E-state index in [9.17, 15) is 18.0 Å². The topological polar surface area (TPSA) is 64.3 Å². The average molecular weight is 409 g/mol. The van der Waals surface area contributed by atoms with Crippen molar-refractivity contribution in [2.24, 2.45) is 5.92 Å². The second kappa shape index (κ2) is 7.85. The van der Waals surface area contributed by atoms with Crippen molar-refractivity contribution >= 4 is 22.6 Å². The number of H-pyrrole nitrogens is 1. The first kappa shape index (κ1) is 20.0. The lowest BCUT2D eigenvalue weighted by Gasteiger charge is -2.44. The highest BCUT2D eigenvalue weighted by atomic mass is 19.4. The zero-order valence-corrected chi connectivity index (χ0v) is 16.4. The smallest absolute Gasteiger partial charge is 0.349 e. The maximum Gasteiger partial charge on any atom is 0.401 e. The van der Waals surface area contributed by atoms with E-state index in [1.807, 2.05) is 24.1 Å². The van der Waals surface area contributed by atoms with Crippen LogP contribution in [0.2, 0.25) is 0 Å². The Hall–Kier alpha value is -2.29. The lowest BCUT2D eigenvalue weighted by atomic mass is 9.84. The van der Waals surface area contributed by atoms with Crippen molar-refractivity contribution in [3.8, 4) is 0 Å². The Morgan fingerprint density at radius 3 is 2.72 bits per heavy atom. The Balaban J connectivity index is 1.50. The third kappa shape index (κ3) is 4.05. The summed E-state index contributed by atoms with van der Waals surface area (Å²) in [5.41, 5.74) is 2.32. The van der Waals surface area contributed by atoms with Crippen LogP contribution in [0.4, 0.5) is 18.9 Å². The van der Waals surface area contributed by atoms with Crippen LogP contribution in [0.25, 0.3) is 11.0 Å². The molecule has 0 spiro atoms. The van der Waals surface area contributed by atoms with Crippen molar-refractivity contribution in [1.29, 1.82) is 0 Å². The monoisotopic (exact) mass is 409 g/mol. The van der Waals surface area contributed by atoms with E-state index in [-0.39, 0.29) is 17.9 Å². The van der Waals surface area contributed by atoms with Crippen molar-refractivity contribution in [3.63, 3.8) is 0 Å². The highest BCUT2D eigenvalue weighted by Crippen LogP contribution is 2.38. The maximum atomic E-state index is 12.8. The molecule has 0 unspecified atom stereocenters. The molecule has 9 heteroatoms. The summed E-state index contributed by atoms with van der Waals surface area (Å²) >= 11 is 0. The minimum Gasteiger partial charge on any atom is -0.349 e. The van der Waals surface area contributed by atoms with Gasteiger partial charge in [-0.25, -0.2) is 4.98 Å². The van der Waals surface area contributed by atoms with Crippen molar-refractivity contribution < 1.29 is 18.0 Å². The van der Waals surface area contributed by atoms with Gasteiger partial charge in [0, 0.05) is 30.4 Å². The molecule has 0 saturated heterocycles. The van der Waals surface area contributed by atoms with Gasteiger partial charge in [-0.2, -0.15) is 13.2 Å². The Labute approximate surface area is 167 Å². The second-order valence-electron chi connectivity index (χ2n) is 7.95. The number of nitrogens with one attached hydrogen (secondary N) is 2. The molecule has 0 bridgehead atoms. The van der Waals surface area contributed by atoms with E-state index in [1.165, 1.54) is 0 Å². The molecule has 0 atom stereocenters. The first-order valence-corrected chi connectivity index (χ1v) is 10.2. The molecule has 2 aromatic rings. The minimum atomic E-state index is -4.17. The maximum absolute atomic E-state index is 12.8. The third-order valence-electron chi connectivity index (χ3n) is 6.08. The van der Waals surface area contributed by atoms with Crippen LogP contribution < -0.4 is 10.2 Å². The number of amides is 1. The number of halogens is 3. The molecule has 158 valence electrons. The fraction of sp³-hybridized carbons (Fsp3) is 0.600. The molecule has 1 aliphatic carbocycles. The molecule has 3 heterocycles. The van der Waals surface area contributed by atoms with Gasteiger partial charge in [-0.05, 0) is 51.1 Å². The molecule has 2 aliphatic rings. The Morgan fingerprint density at radius 1 is 1.28 bits per heavy atom. The quantitative estimate of drug-likeness (QED) is 0.793. The van der Waals surface area contributed by atoms with E-state index >= 15 is 0 Å². The summed E-state index contributed by atoms with van der Waals surface area (Å²) in [5.74, 6) is 0.255. The van der Waals surface area contributed by atoms with Crippen molar-refractivity contribution in [2.45, 2.75) is 44.8 Å². The Morgan fingerprint density at radius 2 is 2.03 bits per heavy atom. The number of carbonyl (C=O) groups is 1. The summed E-state index contributed by atoms with van der Waals surface area (Å²) in [5, 5.41) is 3.49. The van der Waals surface area contributed by atoms with Gasteiger partial charge in [0.2, 0.25) is 0 Å². The van der Waals surface area contributed by atoms with Crippen LogP contribution in [0.5, 0.6) is 0 Å². The number of aromatic amines is 1. The first-order chi connectivity index (χ1) is 13.9. The van der Waals surface area contributed by atoms with Gasteiger partial charge in [0.25, 0.3) is 5.91 Å². The summed E-state index contributed by atoms with van der Waals surface area (Å²) in [6.07, 6.45) is 2.87. The molecule has 4 rings (SSSR count). The molecular weight excluding hydrogens is 383 g/mol. The van der Waals surface area contributed by atoms with E-state index in [4.69, 9.17) is 0 Å². The molecule has 1 saturated carbocycles. The number of hydrogen-bond donors (Lipinski definition) is 2. The van der Waals surface area contributed by atoms with Gasteiger partial charge >= 0.3 is 6.18 Å². The minimum absolute atomic E-state index is 0.000568. The van der Waals surface area contributed by atoms with Gasteiger partial charge < -0.3 is 20.1 Å². The third-order valence-corrected chi connectivity index (χ3v) is 6.08. The fourth-order valence-electron chi connectivity index (χ4n) is 4.57. The lowest BCUT2D eigenvalue weighted by Crippen LogP contribution is -2.52. The molecule has 0 aromatic carbocycles. The summed E-state index contributed by atoms with van der Waals surface area (Å²) in [4.78, 5) is 24.5. The number of hydrogen-bond acceptors (Lipinski definition) is 4. The average Bonchev–Trinajstić information content (AvgIpc) is 3.17. The molecule has 1 aliphatic heterocycles. The number of aromatic nitrogens is 2. The predicted molar refractivity (Wildman–Crippen MR) is 105 cm³/mol. The number of carbonyl (C=O) groups excluding carboxylic acids is 1. The standard InChI is InChI=1S/C20H26F3N5O/c1-2-27-12-28(14-5-3-13(4-6-14)9-24-11-20(21,22)23)17-15-7-8-25-18(15)26-10-16(17)19(27)29/h7-8,10,13-14,24H,2-6,9,11-12H2,1H3,(H,25,26). The largest absolute Gasteiger partial charge is 0.401 e. The highest BCUT2D eigenvalue weighted by Gasteiger charge is 2.36. The number of anilines is 1. The normalized spacial score (nSPS) is 23.0. The number of alkyl halides is 3. The summed E-state index contributed by atoms with van der Waals surface area (Å²) in [6.45, 7) is 2.59. The van der Waals surface area contributed by atoms with E-state index < -0.39 is 12.7 Å². The molecule has 1 fully saturated rings. The molecule has 2 aromatic heterocycles. The molecular formula is C20H26F3N5O. The van der Waals surface area contributed by atoms with Crippen LogP contribution in [0.3, 0.4) is 0 Å². The van der Waals surface area contributed by atoms with E-state index in [0.717, 1.165) is 42.4 Å². The van der Waals surface area contributed by atoms with Gasteiger partial charge in [0.1, 0.15) is 5.65 Å². The first-order valence-electron chi connectivity index (χ1n) is 10.2. The SMILES string of the molecule is CCN1CN(C2CCC(CNCC(F)(F)F)CC2)c2c(cnc3[nH]ccc23)C1=O. The van der Waals surface area contributed by atoms with Gasteiger partial charge in [0.05, 0.1) is 24.5 Å². The number of nitrogens with zero attached hydrogens (tertiary/aromatic N) is 3. The van der Waals surface area contributed by atoms with Crippen LogP contribution in [-0.2, 0) is 0 Å². The number of fused-ring (bicyclic) bond motifs is 3. The molecule has 0 radical (unpaired) electrons. The highest BCUT2D eigenvalue weighted by molar-refractivity contribution is 6.08. The van der Waals surface area contributed by atoms with E-state index in [2.05, 4.69) is 20.2 Å². The molecule has 29 heavy (non-hydrogen) atoms. The van der Waals surface area contributed by atoms with Crippen molar-refractivity contribution in [3.05, 3.63) is 24.0 Å². The fourth-order valence-corrected chi connectivity index (χ4v) is 4.57. The van der Waals surface area contributed by atoms with Crippen molar-refractivity contribution in [1.82, 2.24) is 20.2 Å². The number of pyridine rings is 1. The van der Waals surface area contributed by atoms with Crippen LogP contribution in [-0.4, -0.2) is 59.3 Å². The van der Waals surface area contributed by atoms with Crippen LogP contribution >= 0.6 is 0 Å². The van der Waals surface area contributed by atoms with E-state index in [1.54, 1.807) is 6.20 Å². The zero-order valence-electron chi connectivity index (χ0n) is 16.4. The van der Waals surface area contributed by atoms with Gasteiger partial charge in [-0.1, -0.05) is 0 Å². The van der Waals surface area contributed by atoms with Crippen LogP contribution in [0.15, 0.2) is 18.5 Å². The lowest BCUT2D eigenvalue weighted by molar-refractivity contribution is -0.125. The second-order valence-corrected chi connectivity index (χ2v) is 7.95. The van der Waals surface area contributed by atoms with Crippen LogP contribution in [0, 0.1) is 5.92 Å². The van der Waals surface area contributed by atoms with Gasteiger partial charge in [-0.15, -0.1) is 0 Å². The number of rotatable bonds is 5. The Kier molecular flexibility index (Phi) is 5.42. The van der Waals surface area contributed by atoms with Gasteiger partial charge in [-0.3, -0.25) is 4.79 Å². The van der Waals surface area contributed by atoms with Crippen molar-refractivity contribution in [2.75, 3.05) is 31.2 Å². The summed E-state index contributed by atoms with van der Waals surface area (Å²) in [6, 6.07) is 2.21. The van der Waals surface area contributed by atoms with Gasteiger partial charge in [0.15, 0.2) is 0 Å². The zero-order chi connectivity index (χ0) is 20.6. The predicted octanol–water partition coefficient (Wildman–Crippen LogP) is 3.51.